The quantitative estimate of drug-likeness (QED) is 0.341. The molecule has 0 fully saturated rings. The molecule has 0 bridgehead atoms. The first kappa shape index (κ1) is 25.9. The van der Waals surface area contributed by atoms with Crippen LogP contribution in [-0.2, 0) is 9.59 Å². The van der Waals surface area contributed by atoms with E-state index in [-0.39, 0.29) is 46.2 Å². The van der Waals surface area contributed by atoms with Crippen LogP contribution in [0.1, 0.15) is 70.2 Å². The van der Waals surface area contributed by atoms with Gasteiger partial charge in [-0.15, -0.1) is 0 Å². The van der Waals surface area contributed by atoms with Crippen molar-refractivity contribution in [2.75, 3.05) is 24.0 Å². The van der Waals surface area contributed by atoms with Gasteiger partial charge in [-0.05, 0) is 48.3 Å². The molecule has 0 N–H and O–H groups in total. The molecule has 2 atom stereocenters. The number of carbonyl (C=O) groups is 7. The molecule has 0 aromatic heterocycles. The molecule has 0 saturated heterocycles. The van der Waals surface area contributed by atoms with Crippen molar-refractivity contribution in [1.29, 1.82) is 0 Å². The van der Waals surface area contributed by atoms with Crippen LogP contribution in [0.5, 0.6) is 0 Å². The molecular weight excluding hydrogens is 500 g/mol. The summed E-state index contributed by atoms with van der Waals surface area (Å²) in [5.74, 6) is -5.48. The number of carbonyl (C=O) groups excluding carboxylic acids is 7. The van der Waals surface area contributed by atoms with Crippen molar-refractivity contribution in [3.63, 3.8) is 0 Å². The molecule has 0 radical (unpaired) electrons. The SMILES string of the molecule is CSCCC(=O)C1C(=O)c2ccc(C(=O)c3ccc4c(c3)C(=O)C(C(=O)CCSC)C4=O)cc2C1=O. The molecule has 36 heavy (non-hydrogen) atoms. The van der Waals surface area contributed by atoms with Gasteiger partial charge in [0.1, 0.15) is 11.8 Å². The Balaban J connectivity index is 1.60. The van der Waals surface area contributed by atoms with Gasteiger partial charge in [-0.3, -0.25) is 33.6 Å². The fraction of sp³-hybridized carbons (Fsp3) is 0.296. The van der Waals surface area contributed by atoms with Crippen LogP contribution >= 0.6 is 23.5 Å². The first-order valence-corrected chi connectivity index (χ1v) is 14.0. The van der Waals surface area contributed by atoms with E-state index < -0.39 is 52.3 Å². The van der Waals surface area contributed by atoms with Gasteiger partial charge in [0.15, 0.2) is 40.5 Å². The highest BCUT2D eigenvalue weighted by Crippen LogP contribution is 2.32. The van der Waals surface area contributed by atoms with E-state index in [9.17, 15) is 33.6 Å². The summed E-state index contributed by atoms with van der Waals surface area (Å²) in [5, 5.41) is 0. The number of thioether (sulfide) groups is 2. The van der Waals surface area contributed by atoms with Crippen LogP contribution in [0.15, 0.2) is 36.4 Å². The summed E-state index contributed by atoms with van der Waals surface area (Å²) in [5.41, 5.74) is 0.494. The Kier molecular flexibility index (Phi) is 7.51. The average molecular weight is 523 g/mol. The zero-order chi connectivity index (χ0) is 26.1. The second kappa shape index (κ2) is 10.4. The lowest BCUT2D eigenvalue weighted by Crippen LogP contribution is -2.25. The molecule has 0 heterocycles. The maximum absolute atomic E-state index is 13.2. The van der Waals surface area contributed by atoms with Gasteiger partial charge in [-0.25, -0.2) is 0 Å². The molecule has 2 aliphatic carbocycles. The predicted molar refractivity (Wildman–Crippen MR) is 137 cm³/mol. The number of ketones is 7. The second-order valence-corrected chi connectivity index (χ2v) is 10.6. The molecule has 0 spiro atoms. The Morgan fingerprint density at radius 3 is 1.33 bits per heavy atom. The first-order valence-electron chi connectivity index (χ1n) is 11.2. The maximum atomic E-state index is 13.2. The average Bonchev–Trinajstić information content (AvgIpc) is 3.28. The smallest absolute Gasteiger partial charge is 0.193 e. The van der Waals surface area contributed by atoms with Gasteiger partial charge in [0.2, 0.25) is 0 Å². The molecule has 4 rings (SSSR count). The standard InChI is InChI=1S/C27H22O7S2/c1-35-9-7-19(28)21-24(31)15-5-3-13(11-17(15)26(21)33)23(30)14-4-6-16-18(12-14)27(34)22(25(16)32)20(29)8-10-36-2/h3-6,11-12,21-22H,7-10H2,1-2H3. The highest BCUT2D eigenvalue weighted by atomic mass is 32.2. The summed E-state index contributed by atoms with van der Waals surface area (Å²) in [6.45, 7) is 0. The Morgan fingerprint density at radius 1 is 0.611 bits per heavy atom. The number of hydrogen-bond donors (Lipinski definition) is 0. The summed E-state index contributed by atoms with van der Waals surface area (Å²) in [4.78, 5) is 89.1. The van der Waals surface area contributed by atoms with Gasteiger partial charge in [0.25, 0.3) is 0 Å². The summed E-state index contributed by atoms with van der Waals surface area (Å²) in [6.07, 6.45) is 3.85. The Hall–Kier alpha value is -3.17. The van der Waals surface area contributed by atoms with Crippen molar-refractivity contribution >= 4 is 64.0 Å². The van der Waals surface area contributed by atoms with Gasteiger partial charge in [-0.1, -0.05) is 12.1 Å². The molecule has 2 aliphatic rings. The summed E-state index contributed by atoms with van der Waals surface area (Å²) in [6, 6.07) is 8.13. The van der Waals surface area contributed by atoms with Crippen LogP contribution in [0.4, 0.5) is 0 Å². The second-order valence-electron chi connectivity index (χ2n) is 8.59. The minimum absolute atomic E-state index is 0.0280. The lowest BCUT2D eigenvalue weighted by Gasteiger charge is -2.05. The molecule has 184 valence electrons. The van der Waals surface area contributed by atoms with E-state index >= 15 is 0 Å². The van der Waals surface area contributed by atoms with Crippen molar-refractivity contribution in [3.05, 3.63) is 69.8 Å². The van der Waals surface area contributed by atoms with Gasteiger partial charge in [0, 0.05) is 46.2 Å². The van der Waals surface area contributed by atoms with Crippen LogP contribution < -0.4 is 0 Å². The highest BCUT2D eigenvalue weighted by molar-refractivity contribution is 7.98. The van der Waals surface area contributed by atoms with Crippen molar-refractivity contribution in [2.45, 2.75) is 12.8 Å². The molecule has 0 saturated carbocycles. The maximum Gasteiger partial charge on any atom is 0.193 e. The van der Waals surface area contributed by atoms with Gasteiger partial charge < -0.3 is 0 Å². The van der Waals surface area contributed by atoms with Crippen LogP contribution in [0.2, 0.25) is 0 Å². The Labute approximate surface area is 215 Å². The third kappa shape index (κ3) is 4.41. The largest absolute Gasteiger partial charge is 0.298 e. The predicted octanol–water partition coefficient (Wildman–Crippen LogP) is 3.55. The van der Waals surface area contributed by atoms with Gasteiger partial charge in [-0.2, -0.15) is 23.5 Å². The lowest BCUT2D eigenvalue weighted by atomic mass is 9.96. The normalized spacial score (nSPS) is 18.4. The molecule has 9 heteroatoms. The summed E-state index contributed by atoms with van der Waals surface area (Å²) < 4.78 is 0. The number of benzene rings is 2. The molecule has 0 amide bonds. The van der Waals surface area contributed by atoms with E-state index in [0.717, 1.165) is 0 Å². The molecular formula is C27H22O7S2. The highest BCUT2D eigenvalue weighted by Gasteiger charge is 2.44. The zero-order valence-corrected chi connectivity index (χ0v) is 21.3. The monoisotopic (exact) mass is 522 g/mol. The Morgan fingerprint density at radius 2 is 0.972 bits per heavy atom. The lowest BCUT2D eigenvalue weighted by molar-refractivity contribution is -0.120. The van der Waals surface area contributed by atoms with E-state index in [0.29, 0.717) is 11.5 Å². The third-order valence-corrected chi connectivity index (χ3v) is 7.65. The van der Waals surface area contributed by atoms with E-state index in [1.165, 1.54) is 59.9 Å². The van der Waals surface area contributed by atoms with E-state index in [2.05, 4.69) is 0 Å². The number of fused-ring (bicyclic) bond motifs is 2. The summed E-state index contributed by atoms with van der Waals surface area (Å²) in [7, 11) is 0. The topological polar surface area (TPSA) is 119 Å². The van der Waals surface area contributed by atoms with Gasteiger partial charge in [0.05, 0.1) is 0 Å². The van der Waals surface area contributed by atoms with Crippen molar-refractivity contribution in [2.24, 2.45) is 11.8 Å². The fourth-order valence-electron chi connectivity index (χ4n) is 4.51. The molecule has 0 aliphatic heterocycles. The molecule has 7 nitrogen and oxygen atoms in total. The van der Waals surface area contributed by atoms with Crippen LogP contribution in [0.25, 0.3) is 0 Å². The van der Waals surface area contributed by atoms with Crippen molar-refractivity contribution < 1.29 is 33.6 Å². The zero-order valence-electron chi connectivity index (χ0n) is 19.6. The van der Waals surface area contributed by atoms with E-state index in [4.69, 9.17) is 0 Å². The molecule has 2 unspecified atom stereocenters. The molecule has 2 aromatic rings. The number of Topliss-reactive ketones (excluding diaryl/α,β-unsaturated/α-hetero) is 6. The van der Waals surface area contributed by atoms with Crippen LogP contribution in [0.3, 0.4) is 0 Å². The van der Waals surface area contributed by atoms with Gasteiger partial charge >= 0.3 is 0 Å². The number of hydrogen-bond acceptors (Lipinski definition) is 9. The van der Waals surface area contributed by atoms with Crippen molar-refractivity contribution in [3.8, 4) is 0 Å². The van der Waals surface area contributed by atoms with E-state index in [1.807, 2.05) is 12.5 Å². The van der Waals surface area contributed by atoms with E-state index in [1.54, 1.807) is 0 Å². The molecule has 2 aromatic carbocycles. The third-order valence-electron chi connectivity index (χ3n) is 6.42. The minimum atomic E-state index is -1.37. The first-order chi connectivity index (χ1) is 17.2. The van der Waals surface area contributed by atoms with Crippen molar-refractivity contribution in [1.82, 2.24) is 0 Å². The number of rotatable bonds is 10. The summed E-state index contributed by atoms with van der Waals surface area (Å²) >= 11 is 2.88. The van der Waals surface area contributed by atoms with Crippen LogP contribution in [-0.4, -0.2) is 64.5 Å². The fourth-order valence-corrected chi connectivity index (χ4v) is 5.32. The Bertz CT molecular complexity index is 1260. The van der Waals surface area contributed by atoms with Crippen LogP contribution in [0, 0.1) is 11.8 Å². The minimum Gasteiger partial charge on any atom is -0.298 e.